The Balaban J connectivity index is 2.27. The SMILES string of the molecule is Cc1cc(C2CCCNC2)cc(O)c1F. The second-order valence-corrected chi connectivity index (χ2v) is 4.21. The summed E-state index contributed by atoms with van der Waals surface area (Å²) in [5.74, 6) is -0.318. The fourth-order valence-electron chi connectivity index (χ4n) is 2.15. The quantitative estimate of drug-likeness (QED) is 0.744. The molecule has 82 valence electrons. The molecule has 1 aromatic carbocycles. The van der Waals surface area contributed by atoms with Crippen molar-refractivity contribution >= 4 is 0 Å². The number of nitrogens with one attached hydrogen (secondary N) is 1. The molecule has 1 saturated heterocycles. The van der Waals surface area contributed by atoms with E-state index >= 15 is 0 Å². The second kappa shape index (κ2) is 4.19. The molecular weight excluding hydrogens is 193 g/mol. The van der Waals surface area contributed by atoms with E-state index in [1.165, 1.54) is 0 Å². The molecule has 1 fully saturated rings. The third-order valence-corrected chi connectivity index (χ3v) is 3.03. The highest BCUT2D eigenvalue weighted by molar-refractivity contribution is 5.36. The standard InChI is InChI=1S/C12H16FNO/c1-8-5-10(6-11(15)12(8)13)9-3-2-4-14-7-9/h5-6,9,14-15H,2-4,7H2,1H3. The summed E-state index contributed by atoms with van der Waals surface area (Å²) in [4.78, 5) is 0. The van der Waals surface area contributed by atoms with Gasteiger partial charge in [-0.3, -0.25) is 0 Å². The normalized spacial score (nSPS) is 21.6. The Hall–Kier alpha value is -1.09. The number of rotatable bonds is 1. The lowest BCUT2D eigenvalue weighted by Crippen LogP contribution is -2.28. The highest BCUT2D eigenvalue weighted by atomic mass is 19.1. The van der Waals surface area contributed by atoms with E-state index in [-0.39, 0.29) is 5.75 Å². The van der Waals surface area contributed by atoms with Gasteiger partial charge in [0.15, 0.2) is 11.6 Å². The van der Waals surface area contributed by atoms with Crippen LogP contribution in [0.1, 0.15) is 29.9 Å². The van der Waals surface area contributed by atoms with Crippen LogP contribution in [0.4, 0.5) is 4.39 Å². The average molecular weight is 209 g/mol. The van der Waals surface area contributed by atoms with Crippen molar-refractivity contribution in [2.24, 2.45) is 0 Å². The van der Waals surface area contributed by atoms with Gasteiger partial charge in [0.05, 0.1) is 0 Å². The third-order valence-electron chi connectivity index (χ3n) is 3.03. The molecule has 1 aliphatic heterocycles. The Morgan fingerprint density at radius 2 is 2.27 bits per heavy atom. The summed E-state index contributed by atoms with van der Waals surface area (Å²) in [5.41, 5.74) is 1.56. The zero-order chi connectivity index (χ0) is 10.8. The molecule has 0 aliphatic carbocycles. The number of piperidine rings is 1. The van der Waals surface area contributed by atoms with Crippen LogP contribution < -0.4 is 5.32 Å². The van der Waals surface area contributed by atoms with Crippen molar-refractivity contribution in [3.05, 3.63) is 29.1 Å². The molecule has 15 heavy (non-hydrogen) atoms. The lowest BCUT2D eigenvalue weighted by atomic mass is 9.90. The van der Waals surface area contributed by atoms with Crippen molar-refractivity contribution in [1.82, 2.24) is 5.32 Å². The van der Waals surface area contributed by atoms with E-state index in [1.807, 2.05) is 6.07 Å². The van der Waals surface area contributed by atoms with Gasteiger partial charge in [-0.05, 0) is 49.4 Å². The van der Waals surface area contributed by atoms with Crippen LogP contribution in [0.3, 0.4) is 0 Å². The van der Waals surface area contributed by atoms with Crippen LogP contribution in [0.25, 0.3) is 0 Å². The number of hydrogen-bond donors (Lipinski definition) is 2. The van der Waals surface area contributed by atoms with Gasteiger partial charge in [0.25, 0.3) is 0 Å². The number of hydrogen-bond acceptors (Lipinski definition) is 2. The van der Waals surface area contributed by atoms with Crippen molar-refractivity contribution in [3.63, 3.8) is 0 Å². The van der Waals surface area contributed by atoms with Gasteiger partial charge in [0, 0.05) is 6.54 Å². The molecule has 3 heteroatoms. The third kappa shape index (κ3) is 2.12. The van der Waals surface area contributed by atoms with Gasteiger partial charge < -0.3 is 10.4 Å². The van der Waals surface area contributed by atoms with Crippen LogP contribution >= 0.6 is 0 Å². The smallest absolute Gasteiger partial charge is 0.167 e. The molecule has 0 spiro atoms. The monoisotopic (exact) mass is 209 g/mol. The first-order valence-corrected chi connectivity index (χ1v) is 5.38. The molecule has 0 bridgehead atoms. The van der Waals surface area contributed by atoms with Crippen LogP contribution in [-0.4, -0.2) is 18.2 Å². The predicted octanol–water partition coefficient (Wildman–Crippen LogP) is 2.31. The number of phenols is 1. The molecular formula is C12H16FNO. The van der Waals surface area contributed by atoms with Gasteiger partial charge in [-0.25, -0.2) is 4.39 Å². The Morgan fingerprint density at radius 1 is 1.47 bits per heavy atom. The van der Waals surface area contributed by atoms with Gasteiger partial charge >= 0.3 is 0 Å². The number of phenolic OH excluding ortho intramolecular Hbond substituents is 1. The largest absolute Gasteiger partial charge is 0.505 e. The summed E-state index contributed by atoms with van der Waals surface area (Å²) < 4.78 is 13.2. The van der Waals surface area contributed by atoms with E-state index < -0.39 is 5.82 Å². The minimum Gasteiger partial charge on any atom is -0.505 e. The summed E-state index contributed by atoms with van der Waals surface area (Å²) >= 11 is 0. The van der Waals surface area contributed by atoms with Crippen molar-refractivity contribution in [3.8, 4) is 5.75 Å². The predicted molar refractivity (Wildman–Crippen MR) is 57.6 cm³/mol. The molecule has 1 atom stereocenters. The van der Waals surface area contributed by atoms with Gasteiger partial charge in [0.1, 0.15) is 0 Å². The average Bonchev–Trinajstić information content (AvgIpc) is 2.26. The highest BCUT2D eigenvalue weighted by Gasteiger charge is 2.17. The highest BCUT2D eigenvalue weighted by Crippen LogP contribution is 2.29. The summed E-state index contributed by atoms with van der Waals surface area (Å²) in [5, 5.41) is 12.7. The second-order valence-electron chi connectivity index (χ2n) is 4.21. The molecule has 1 aliphatic rings. The number of halogens is 1. The molecule has 1 unspecified atom stereocenters. The Kier molecular flexibility index (Phi) is 2.91. The molecule has 0 amide bonds. The number of benzene rings is 1. The molecule has 0 saturated carbocycles. The van der Waals surface area contributed by atoms with Crippen molar-refractivity contribution in [1.29, 1.82) is 0 Å². The Bertz CT molecular complexity index is 336. The Morgan fingerprint density at radius 3 is 2.87 bits per heavy atom. The number of aromatic hydroxyl groups is 1. The summed E-state index contributed by atoms with van der Waals surface area (Å²) in [7, 11) is 0. The fraction of sp³-hybridized carbons (Fsp3) is 0.500. The lowest BCUT2D eigenvalue weighted by molar-refractivity contribution is 0.423. The summed E-state index contributed by atoms with van der Waals surface area (Å²) in [6.45, 7) is 3.67. The fourth-order valence-corrected chi connectivity index (χ4v) is 2.15. The van der Waals surface area contributed by atoms with Crippen molar-refractivity contribution in [2.45, 2.75) is 25.7 Å². The molecule has 1 aromatic rings. The maximum atomic E-state index is 13.2. The van der Waals surface area contributed by atoms with E-state index in [1.54, 1.807) is 13.0 Å². The molecule has 2 nitrogen and oxygen atoms in total. The molecule has 2 rings (SSSR count). The molecule has 2 N–H and O–H groups in total. The van der Waals surface area contributed by atoms with Crippen LogP contribution in [0, 0.1) is 12.7 Å². The van der Waals surface area contributed by atoms with Crippen molar-refractivity contribution < 1.29 is 9.50 Å². The minimum atomic E-state index is -0.498. The lowest BCUT2D eigenvalue weighted by Gasteiger charge is -2.23. The van der Waals surface area contributed by atoms with Crippen LogP contribution in [-0.2, 0) is 0 Å². The maximum Gasteiger partial charge on any atom is 0.167 e. The first-order valence-electron chi connectivity index (χ1n) is 5.38. The molecule has 0 radical (unpaired) electrons. The Labute approximate surface area is 89.1 Å². The first-order chi connectivity index (χ1) is 7.18. The zero-order valence-electron chi connectivity index (χ0n) is 8.89. The van der Waals surface area contributed by atoms with E-state index in [9.17, 15) is 9.50 Å². The maximum absolute atomic E-state index is 13.2. The van der Waals surface area contributed by atoms with Crippen LogP contribution in [0.2, 0.25) is 0 Å². The van der Waals surface area contributed by atoms with Crippen molar-refractivity contribution in [2.75, 3.05) is 13.1 Å². The van der Waals surface area contributed by atoms with Gasteiger partial charge in [-0.2, -0.15) is 0 Å². The van der Waals surface area contributed by atoms with Gasteiger partial charge in [-0.1, -0.05) is 6.07 Å². The molecule has 1 heterocycles. The van der Waals surface area contributed by atoms with E-state index in [2.05, 4.69) is 5.32 Å². The first kappa shape index (κ1) is 10.4. The minimum absolute atomic E-state index is 0.226. The van der Waals surface area contributed by atoms with Crippen LogP contribution in [0.5, 0.6) is 5.75 Å². The van der Waals surface area contributed by atoms with E-state index in [0.29, 0.717) is 11.5 Å². The molecule has 0 aromatic heterocycles. The van der Waals surface area contributed by atoms with E-state index in [4.69, 9.17) is 0 Å². The topological polar surface area (TPSA) is 32.3 Å². The van der Waals surface area contributed by atoms with Crippen LogP contribution in [0.15, 0.2) is 12.1 Å². The summed E-state index contributed by atoms with van der Waals surface area (Å²) in [6, 6.07) is 3.40. The summed E-state index contributed by atoms with van der Waals surface area (Å²) in [6.07, 6.45) is 2.25. The zero-order valence-corrected chi connectivity index (χ0v) is 8.89. The number of aryl methyl sites for hydroxylation is 1. The van der Waals surface area contributed by atoms with Gasteiger partial charge in [0.2, 0.25) is 0 Å². The van der Waals surface area contributed by atoms with Gasteiger partial charge in [-0.15, -0.1) is 0 Å². The van der Waals surface area contributed by atoms with E-state index in [0.717, 1.165) is 31.5 Å².